The van der Waals surface area contributed by atoms with E-state index in [0.29, 0.717) is 0 Å². The summed E-state index contributed by atoms with van der Waals surface area (Å²) in [6.07, 6.45) is -4.44. The minimum Gasteiger partial charge on any atom is -0.466 e. The Labute approximate surface area is 74.1 Å². The van der Waals surface area contributed by atoms with Crippen LogP contribution in [0.4, 0.5) is 13.2 Å². The van der Waals surface area contributed by atoms with Gasteiger partial charge in [-0.25, -0.2) is 0 Å². The minimum absolute atomic E-state index is 0.128. The Morgan fingerprint density at radius 2 is 2.15 bits per heavy atom. The van der Waals surface area contributed by atoms with Gasteiger partial charge in [-0.2, -0.15) is 13.2 Å². The molecule has 1 aliphatic rings. The van der Waals surface area contributed by atoms with Crippen LogP contribution >= 0.6 is 0 Å². The van der Waals surface area contributed by atoms with E-state index in [9.17, 15) is 18.0 Å². The molecular weight excluding hydrogens is 185 g/mol. The predicted molar refractivity (Wildman–Crippen MR) is 38.9 cm³/mol. The van der Waals surface area contributed by atoms with Gasteiger partial charge in [0, 0.05) is 0 Å². The Morgan fingerprint density at radius 3 is 2.46 bits per heavy atom. The van der Waals surface area contributed by atoms with Gasteiger partial charge < -0.3 is 4.74 Å². The summed E-state index contributed by atoms with van der Waals surface area (Å²) in [4.78, 5) is 10.9. The van der Waals surface area contributed by atoms with E-state index in [-0.39, 0.29) is 13.0 Å². The number of hydrogen-bond donors (Lipinski definition) is 0. The first-order valence-electron chi connectivity index (χ1n) is 4.06. The molecule has 0 amide bonds. The van der Waals surface area contributed by atoms with Gasteiger partial charge >= 0.3 is 12.1 Å². The molecule has 0 aromatic heterocycles. The minimum atomic E-state index is -4.30. The highest BCUT2D eigenvalue weighted by molar-refractivity contribution is 5.77. The predicted octanol–water partition coefficient (Wildman–Crippen LogP) is 2.14. The Bertz CT molecular complexity index is 224. The van der Waals surface area contributed by atoms with Gasteiger partial charge in [-0.15, -0.1) is 0 Å². The first-order chi connectivity index (χ1) is 5.83. The summed E-state index contributed by atoms with van der Waals surface area (Å²) in [6.45, 7) is 2.75. The molecule has 0 heterocycles. The molecule has 0 N–H and O–H groups in total. The summed E-state index contributed by atoms with van der Waals surface area (Å²) < 4.78 is 41.3. The second-order valence-electron chi connectivity index (χ2n) is 3.42. The Balaban J connectivity index is 2.58. The maximum Gasteiger partial charge on any atom is 0.395 e. The van der Waals surface area contributed by atoms with Crippen LogP contribution in [-0.2, 0) is 9.53 Å². The molecule has 13 heavy (non-hydrogen) atoms. The maximum absolute atomic E-state index is 12.3. The van der Waals surface area contributed by atoms with Crippen molar-refractivity contribution < 1.29 is 22.7 Å². The van der Waals surface area contributed by atoms with E-state index >= 15 is 0 Å². The Hall–Kier alpha value is -0.740. The third kappa shape index (κ3) is 1.64. The van der Waals surface area contributed by atoms with Gasteiger partial charge in [0.2, 0.25) is 0 Å². The topological polar surface area (TPSA) is 26.3 Å². The van der Waals surface area contributed by atoms with Crippen LogP contribution in [0.1, 0.15) is 20.3 Å². The maximum atomic E-state index is 12.3. The van der Waals surface area contributed by atoms with Crippen molar-refractivity contribution in [3.63, 3.8) is 0 Å². The van der Waals surface area contributed by atoms with Gasteiger partial charge in [-0.1, -0.05) is 6.92 Å². The third-order valence-electron chi connectivity index (χ3n) is 2.46. The average molecular weight is 196 g/mol. The second kappa shape index (κ2) is 2.89. The molecule has 1 rings (SSSR count). The van der Waals surface area contributed by atoms with Gasteiger partial charge in [-0.3, -0.25) is 4.79 Å². The molecule has 2 nitrogen and oxygen atoms in total. The lowest BCUT2D eigenvalue weighted by Crippen LogP contribution is -2.26. The fourth-order valence-electron chi connectivity index (χ4n) is 1.26. The third-order valence-corrected chi connectivity index (χ3v) is 2.46. The lowest BCUT2D eigenvalue weighted by molar-refractivity contribution is -0.190. The normalized spacial score (nSPS) is 32.8. The highest BCUT2D eigenvalue weighted by atomic mass is 19.4. The standard InChI is InChI=1S/C8H11F3O2/c1-3-13-6(12)5-4-7(5,2)8(9,10)11/h5H,3-4H2,1-2H3. The van der Waals surface area contributed by atoms with E-state index in [1.165, 1.54) is 0 Å². The fourth-order valence-corrected chi connectivity index (χ4v) is 1.26. The van der Waals surface area contributed by atoms with Crippen LogP contribution in [0.3, 0.4) is 0 Å². The summed E-state index contributed by atoms with van der Waals surface area (Å²) in [6, 6.07) is 0. The van der Waals surface area contributed by atoms with Crippen molar-refractivity contribution in [1.29, 1.82) is 0 Å². The molecule has 0 saturated heterocycles. The molecule has 0 aromatic carbocycles. The number of alkyl halides is 3. The van der Waals surface area contributed by atoms with E-state index in [2.05, 4.69) is 4.74 Å². The zero-order valence-corrected chi connectivity index (χ0v) is 7.44. The van der Waals surface area contributed by atoms with Gasteiger partial charge in [0.1, 0.15) is 0 Å². The first-order valence-corrected chi connectivity index (χ1v) is 4.06. The molecule has 0 bridgehead atoms. The van der Waals surface area contributed by atoms with Crippen LogP contribution in [0.2, 0.25) is 0 Å². The van der Waals surface area contributed by atoms with Gasteiger partial charge in [0.25, 0.3) is 0 Å². The van der Waals surface area contributed by atoms with Crippen molar-refractivity contribution in [2.24, 2.45) is 11.3 Å². The van der Waals surface area contributed by atoms with Gasteiger partial charge in [0.05, 0.1) is 17.9 Å². The smallest absolute Gasteiger partial charge is 0.395 e. The number of halogens is 3. The fraction of sp³-hybridized carbons (Fsp3) is 0.875. The molecule has 0 aliphatic heterocycles. The molecule has 1 aliphatic carbocycles. The largest absolute Gasteiger partial charge is 0.466 e. The molecule has 0 aromatic rings. The van der Waals surface area contributed by atoms with E-state index in [0.717, 1.165) is 6.92 Å². The summed E-state index contributed by atoms with van der Waals surface area (Å²) in [7, 11) is 0. The van der Waals surface area contributed by atoms with E-state index in [1.54, 1.807) is 6.92 Å². The molecule has 76 valence electrons. The summed E-state index contributed by atoms with van der Waals surface area (Å²) >= 11 is 0. The van der Waals surface area contributed by atoms with E-state index < -0.39 is 23.5 Å². The van der Waals surface area contributed by atoms with Crippen molar-refractivity contribution in [3.05, 3.63) is 0 Å². The molecule has 0 spiro atoms. The second-order valence-corrected chi connectivity index (χ2v) is 3.42. The first kappa shape index (κ1) is 10.3. The van der Waals surface area contributed by atoms with Crippen molar-refractivity contribution >= 4 is 5.97 Å². The summed E-state index contributed by atoms with van der Waals surface area (Å²) in [5, 5.41) is 0. The van der Waals surface area contributed by atoms with Gasteiger partial charge in [0.15, 0.2) is 0 Å². The van der Waals surface area contributed by atoms with E-state index in [4.69, 9.17) is 0 Å². The molecular formula is C8H11F3O2. The monoisotopic (exact) mass is 196 g/mol. The van der Waals surface area contributed by atoms with Crippen molar-refractivity contribution in [2.75, 3.05) is 6.61 Å². The number of hydrogen-bond acceptors (Lipinski definition) is 2. The van der Waals surface area contributed by atoms with E-state index in [1.807, 2.05) is 0 Å². The molecule has 0 radical (unpaired) electrons. The van der Waals surface area contributed by atoms with Crippen LogP contribution in [0.15, 0.2) is 0 Å². The molecule has 2 unspecified atom stereocenters. The number of carbonyl (C=O) groups is 1. The lowest BCUT2D eigenvalue weighted by atomic mass is 10.1. The molecule has 1 saturated carbocycles. The summed E-state index contributed by atoms with van der Waals surface area (Å²) in [5.74, 6) is -1.73. The van der Waals surface area contributed by atoms with Crippen LogP contribution in [0.25, 0.3) is 0 Å². The number of ether oxygens (including phenoxy) is 1. The Morgan fingerprint density at radius 1 is 1.62 bits per heavy atom. The Kier molecular flexibility index (Phi) is 2.30. The van der Waals surface area contributed by atoms with Crippen LogP contribution in [0, 0.1) is 11.3 Å². The SMILES string of the molecule is CCOC(=O)C1CC1(C)C(F)(F)F. The molecule has 1 fully saturated rings. The highest BCUT2D eigenvalue weighted by Crippen LogP contribution is 2.62. The quantitative estimate of drug-likeness (QED) is 0.632. The summed E-state index contributed by atoms with van der Waals surface area (Å²) in [5.41, 5.74) is -1.85. The number of rotatable bonds is 2. The van der Waals surface area contributed by atoms with Gasteiger partial charge in [-0.05, 0) is 13.3 Å². The average Bonchev–Trinajstić information content (AvgIpc) is 2.63. The van der Waals surface area contributed by atoms with Crippen LogP contribution in [0.5, 0.6) is 0 Å². The van der Waals surface area contributed by atoms with Crippen LogP contribution in [-0.4, -0.2) is 18.8 Å². The van der Waals surface area contributed by atoms with Crippen LogP contribution < -0.4 is 0 Å². The highest BCUT2D eigenvalue weighted by Gasteiger charge is 2.70. The van der Waals surface area contributed by atoms with Crippen molar-refractivity contribution in [1.82, 2.24) is 0 Å². The zero-order chi connectivity index (χ0) is 10.3. The zero-order valence-electron chi connectivity index (χ0n) is 7.44. The number of esters is 1. The number of carbonyl (C=O) groups excluding carboxylic acids is 1. The van der Waals surface area contributed by atoms with Crippen molar-refractivity contribution in [2.45, 2.75) is 26.4 Å². The van der Waals surface area contributed by atoms with Crippen molar-refractivity contribution in [3.8, 4) is 0 Å². The molecule has 5 heteroatoms. The molecule has 2 atom stereocenters. The lowest BCUT2D eigenvalue weighted by Gasteiger charge is -2.14.